The van der Waals surface area contributed by atoms with Crippen LogP contribution < -0.4 is 11.1 Å². The lowest BCUT2D eigenvalue weighted by atomic mass is 9.96. The van der Waals surface area contributed by atoms with Crippen LogP contribution in [0.15, 0.2) is 12.3 Å². The highest BCUT2D eigenvalue weighted by Crippen LogP contribution is 2.30. The zero-order chi connectivity index (χ0) is 11.5. The average Bonchev–Trinajstić information content (AvgIpc) is 2.32. The summed E-state index contributed by atoms with van der Waals surface area (Å²) in [6, 6.07) is 1.39. The van der Waals surface area contributed by atoms with Crippen molar-refractivity contribution in [3.8, 4) is 0 Å². The maximum absolute atomic E-state index is 14.2. The van der Waals surface area contributed by atoms with Crippen LogP contribution in [-0.2, 0) is 0 Å². The number of halogens is 2. The molecule has 0 aliphatic carbocycles. The maximum atomic E-state index is 14.2. The molecule has 0 spiro atoms. The summed E-state index contributed by atoms with van der Waals surface area (Å²) in [5.41, 5.74) is 6.05. The van der Waals surface area contributed by atoms with E-state index in [0.717, 1.165) is 25.8 Å². The molecule has 0 amide bonds. The van der Waals surface area contributed by atoms with E-state index in [4.69, 9.17) is 17.3 Å². The van der Waals surface area contributed by atoms with Crippen molar-refractivity contribution in [1.29, 1.82) is 0 Å². The Bertz CT molecular complexity index is 366. The van der Waals surface area contributed by atoms with Gasteiger partial charge < -0.3 is 11.1 Å². The Balaban J connectivity index is 2.18. The molecule has 1 fully saturated rings. The highest BCUT2D eigenvalue weighted by atomic mass is 35.5. The predicted octanol–water partition coefficient (Wildman–Crippen LogP) is 2.47. The van der Waals surface area contributed by atoms with Gasteiger partial charge in [0.2, 0.25) is 0 Å². The fraction of sp³-hybridized carbons (Fsp3) is 0.545. The molecule has 0 radical (unpaired) electrons. The van der Waals surface area contributed by atoms with Gasteiger partial charge in [-0.2, -0.15) is 0 Å². The Morgan fingerprint density at radius 3 is 3.06 bits per heavy atom. The number of nitrogens with zero attached hydrogens (tertiary/aromatic N) is 1. The van der Waals surface area contributed by atoms with E-state index in [1.807, 2.05) is 0 Å². The zero-order valence-electron chi connectivity index (χ0n) is 8.92. The number of aromatic nitrogens is 1. The second-order valence-electron chi connectivity index (χ2n) is 4.09. The van der Waals surface area contributed by atoms with E-state index in [1.165, 1.54) is 6.20 Å². The first-order chi connectivity index (χ1) is 7.68. The van der Waals surface area contributed by atoms with Crippen LogP contribution >= 0.6 is 11.6 Å². The van der Waals surface area contributed by atoms with Gasteiger partial charge in [0, 0.05) is 17.8 Å². The van der Waals surface area contributed by atoms with E-state index in [9.17, 15) is 4.39 Å². The summed E-state index contributed by atoms with van der Waals surface area (Å²) in [5, 5.41) is 3.58. The topological polar surface area (TPSA) is 50.9 Å². The molecule has 88 valence electrons. The average molecular weight is 244 g/mol. The van der Waals surface area contributed by atoms with Crippen molar-refractivity contribution in [1.82, 2.24) is 10.3 Å². The predicted molar refractivity (Wildman–Crippen MR) is 63.2 cm³/mol. The van der Waals surface area contributed by atoms with Gasteiger partial charge in [-0.3, -0.25) is 0 Å². The van der Waals surface area contributed by atoms with Crippen LogP contribution in [0, 0.1) is 0 Å². The highest BCUT2D eigenvalue weighted by molar-refractivity contribution is 6.30. The molecule has 2 rings (SSSR count). The maximum Gasteiger partial charge on any atom is 0.144 e. The largest absolute Gasteiger partial charge is 0.383 e. The molecule has 1 saturated heterocycles. The number of hydrogen-bond donors (Lipinski definition) is 2. The number of alkyl halides is 1. The number of hydrogen-bond acceptors (Lipinski definition) is 3. The number of pyridine rings is 1. The second-order valence-corrected chi connectivity index (χ2v) is 4.52. The van der Waals surface area contributed by atoms with Crippen molar-refractivity contribution in [3.63, 3.8) is 0 Å². The summed E-state index contributed by atoms with van der Waals surface area (Å²) >= 11 is 5.79. The normalized spacial score (nSPS) is 23.0. The molecule has 1 aromatic rings. The Morgan fingerprint density at radius 2 is 2.38 bits per heavy atom. The Kier molecular flexibility index (Phi) is 3.61. The SMILES string of the molecule is Nc1ncc(Cl)cc1C(F)C1CCCCN1. The van der Waals surface area contributed by atoms with Gasteiger partial charge in [0.1, 0.15) is 12.0 Å². The van der Waals surface area contributed by atoms with Crippen molar-refractivity contribution in [2.24, 2.45) is 0 Å². The summed E-state index contributed by atoms with van der Waals surface area (Å²) in [6.07, 6.45) is 3.28. The summed E-state index contributed by atoms with van der Waals surface area (Å²) in [5.74, 6) is 0.226. The molecule has 5 heteroatoms. The van der Waals surface area contributed by atoms with Crippen molar-refractivity contribution < 1.29 is 4.39 Å². The summed E-state index contributed by atoms with van der Waals surface area (Å²) < 4.78 is 14.2. The van der Waals surface area contributed by atoms with E-state index >= 15 is 0 Å². The molecule has 1 aromatic heterocycles. The molecule has 16 heavy (non-hydrogen) atoms. The molecule has 0 aromatic carbocycles. The minimum absolute atomic E-state index is 0.170. The molecule has 2 atom stereocenters. The number of rotatable bonds is 2. The van der Waals surface area contributed by atoms with Gasteiger partial charge in [0.15, 0.2) is 0 Å². The van der Waals surface area contributed by atoms with Crippen LogP contribution in [0.1, 0.15) is 31.0 Å². The number of nitrogen functional groups attached to an aromatic ring is 1. The van der Waals surface area contributed by atoms with Crippen LogP contribution in [0.3, 0.4) is 0 Å². The standard InChI is InChI=1S/C11H15ClFN3/c12-7-5-8(11(14)16-6-7)10(13)9-3-1-2-4-15-9/h5-6,9-10,15H,1-4H2,(H2,14,16). The van der Waals surface area contributed by atoms with Crippen molar-refractivity contribution >= 4 is 17.4 Å². The Hall–Kier alpha value is -0.870. The number of anilines is 1. The van der Waals surface area contributed by atoms with Crippen molar-refractivity contribution in [3.05, 3.63) is 22.8 Å². The first kappa shape index (κ1) is 11.6. The molecular weight excluding hydrogens is 229 g/mol. The van der Waals surface area contributed by atoms with Gasteiger partial charge in [-0.15, -0.1) is 0 Å². The third-order valence-corrected chi connectivity index (χ3v) is 3.12. The lowest BCUT2D eigenvalue weighted by Gasteiger charge is -2.27. The van der Waals surface area contributed by atoms with E-state index in [0.29, 0.717) is 10.6 Å². The number of piperidine rings is 1. The first-order valence-electron chi connectivity index (χ1n) is 5.47. The van der Waals surface area contributed by atoms with Gasteiger partial charge in [-0.25, -0.2) is 9.37 Å². The molecule has 1 aliphatic heterocycles. The van der Waals surface area contributed by atoms with Gasteiger partial charge in [-0.05, 0) is 25.5 Å². The van der Waals surface area contributed by atoms with Gasteiger partial charge in [-0.1, -0.05) is 18.0 Å². The lowest BCUT2D eigenvalue weighted by Crippen LogP contribution is -2.37. The van der Waals surface area contributed by atoms with E-state index in [2.05, 4.69) is 10.3 Å². The fourth-order valence-electron chi connectivity index (χ4n) is 2.03. The lowest BCUT2D eigenvalue weighted by molar-refractivity contribution is 0.221. The quantitative estimate of drug-likeness (QED) is 0.839. The minimum atomic E-state index is -1.13. The van der Waals surface area contributed by atoms with Crippen LogP contribution in [0.2, 0.25) is 5.02 Å². The van der Waals surface area contributed by atoms with Crippen LogP contribution in [0.5, 0.6) is 0 Å². The van der Waals surface area contributed by atoms with Crippen LogP contribution in [0.25, 0.3) is 0 Å². The highest BCUT2D eigenvalue weighted by Gasteiger charge is 2.26. The van der Waals surface area contributed by atoms with E-state index < -0.39 is 6.17 Å². The van der Waals surface area contributed by atoms with Crippen LogP contribution in [0.4, 0.5) is 10.2 Å². The zero-order valence-corrected chi connectivity index (χ0v) is 9.67. The molecule has 0 bridgehead atoms. The van der Waals surface area contributed by atoms with E-state index in [-0.39, 0.29) is 11.9 Å². The molecular formula is C11H15ClFN3. The Morgan fingerprint density at radius 1 is 1.56 bits per heavy atom. The second kappa shape index (κ2) is 4.97. The molecule has 3 nitrogen and oxygen atoms in total. The van der Waals surface area contributed by atoms with Crippen LogP contribution in [-0.4, -0.2) is 17.6 Å². The molecule has 0 saturated carbocycles. The van der Waals surface area contributed by atoms with Gasteiger partial charge in [0.25, 0.3) is 0 Å². The molecule has 1 aliphatic rings. The first-order valence-corrected chi connectivity index (χ1v) is 5.84. The summed E-state index contributed by atoms with van der Waals surface area (Å²) in [4.78, 5) is 3.87. The van der Waals surface area contributed by atoms with Crippen molar-refractivity contribution in [2.45, 2.75) is 31.5 Å². The smallest absolute Gasteiger partial charge is 0.144 e. The number of nitrogens with one attached hydrogen (secondary N) is 1. The third-order valence-electron chi connectivity index (χ3n) is 2.91. The van der Waals surface area contributed by atoms with Crippen molar-refractivity contribution in [2.75, 3.05) is 12.3 Å². The van der Waals surface area contributed by atoms with Gasteiger partial charge in [0.05, 0.1) is 5.02 Å². The molecule has 2 heterocycles. The molecule has 2 unspecified atom stereocenters. The fourth-order valence-corrected chi connectivity index (χ4v) is 2.20. The van der Waals surface area contributed by atoms with E-state index in [1.54, 1.807) is 6.07 Å². The Labute approximate surface area is 99.2 Å². The number of nitrogens with two attached hydrogens (primary N) is 1. The monoisotopic (exact) mass is 243 g/mol. The summed E-state index contributed by atoms with van der Waals surface area (Å²) in [7, 11) is 0. The minimum Gasteiger partial charge on any atom is -0.383 e. The third kappa shape index (κ3) is 2.44. The van der Waals surface area contributed by atoms with Gasteiger partial charge >= 0.3 is 0 Å². The molecule has 3 N–H and O–H groups in total. The summed E-state index contributed by atoms with van der Waals surface area (Å²) in [6.45, 7) is 0.860.